The highest BCUT2D eigenvalue weighted by molar-refractivity contribution is 5.79. The molecule has 0 aromatic heterocycles. The van der Waals surface area contributed by atoms with Gasteiger partial charge in [-0.15, -0.1) is 0 Å². The van der Waals surface area contributed by atoms with Crippen LogP contribution >= 0.6 is 0 Å². The first-order chi connectivity index (χ1) is 8.34. The number of rotatable bonds is 5. The lowest BCUT2D eigenvalue weighted by atomic mass is 10.1. The summed E-state index contributed by atoms with van der Waals surface area (Å²) in [6.07, 6.45) is 1.99. The first-order valence-electron chi connectivity index (χ1n) is 6.09. The molecular weight excluding hydrogens is 216 g/mol. The molecule has 3 nitrogen and oxygen atoms in total. The molecule has 1 atom stereocenters. The minimum Gasteiger partial charge on any atom is -0.377 e. The van der Waals surface area contributed by atoms with Gasteiger partial charge in [0, 0.05) is 19.4 Å². The third-order valence-corrected chi connectivity index (χ3v) is 2.89. The number of hydrogen-bond donors (Lipinski definition) is 0. The number of ether oxygens (including phenoxy) is 2. The van der Waals surface area contributed by atoms with Crippen molar-refractivity contribution in [2.24, 2.45) is 0 Å². The lowest BCUT2D eigenvalue weighted by Crippen LogP contribution is -2.26. The monoisotopic (exact) mass is 234 g/mol. The molecule has 1 fully saturated rings. The van der Waals surface area contributed by atoms with Gasteiger partial charge in [0.25, 0.3) is 0 Å². The fourth-order valence-corrected chi connectivity index (χ4v) is 1.92. The summed E-state index contributed by atoms with van der Waals surface area (Å²) in [6.45, 7) is 1.84. The van der Waals surface area contributed by atoms with Gasteiger partial charge in [-0.25, -0.2) is 0 Å². The van der Waals surface area contributed by atoms with Crippen molar-refractivity contribution in [3.05, 3.63) is 35.9 Å². The van der Waals surface area contributed by atoms with Gasteiger partial charge < -0.3 is 9.47 Å². The van der Waals surface area contributed by atoms with Crippen molar-refractivity contribution < 1.29 is 14.3 Å². The number of hydrogen-bond acceptors (Lipinski definition) is 3. The first kappa shape index (κ1) is 12.3. The van der Waals surface area contributed by atoms with Gasteiger partial charge >= 0.3 is 0 Å². The predicted molar refractivity (Wildman–Crippen MR) is 64.7 cm³/mol. The third kappa shape index (κ3) is 4.29. The van der Waals surface area contributed by atoms with Crippen LogP contribution in [0.3, 0.4) is 0 Å². The molecule has 0 bridgehead atoms. The molecule has 3 heteroatoms. The largest absolute Gasteiger partial charge is 0.377 e. The van der Waals surface area contributed by atoms with Gasteiger partial charge in [-0.05, 0) is 12.0 Å². The molecule has 0 radical (unpaired) electrons. The second-order valence-corrected chi connectivity index (χ2v) is 4.31. The number of ketones is 1. The zero-order chi connectivity index (χ0) is 11.9. The lowest BCUT2D eigenvalue weighted by Gasteiger charge is -2.21. The SMILES string of the molecule is O=C1CCOC(CCOCc2ccccc2)C1. The molecule has 0 aliphatic carbocycles. The number of carbonyl (C=O) groups is 1. The van der Waals surface area contributed by atoms with E-state index in [4.69, 9.17) is 9.47 Å². The Morgan fingerprint density at radius 1 is 1.29 bits per heavy atom. The maximum absolute atomic E-state index is 11.2. The van der Waals surface area contributed by atoms with Crippen molar-refractivity contribution in [2.75, 3.05) is 13.2 Å². The average molecular weight is 234 g/mol. The number of benzene rings is 1. The molecule has 1 heterocycles. The van der Waals surface area contributed by atoms with Crippen LogP contribution in [-0.2, 0) is 20.9 Å². The van der Waals surface area contributed by atoms with Crippen molar-refractivity contribution in [1.29, 1.82) is 0 Å². The maximum Gasteiger partial charge on any atom is 0.137 e. The van der Waals surface area contributed by atoms with Gasteiger partial charge in [-0.3, -0.25) is 4.79 Å². The molecule has 0 saturated carbocycles. The second kappa shape index (κ2) is 6.52. The quantitative estimate of drug-likeness (QED) is 0.734. The van der Waals surface area contributed by atoms with E-state index < -0.39 is 0 Å². The van der Waals surface area contributed by atoms with Gasteiger partial charge in [0.05, 0.1) is 19.3 Å². The highest BCUT2D eigenvalue weighted by Gasteiger charge is 2.19. The Kier molecular flexibility index (Phi) is 4.71. The fraction of sp³-hybridized carbons (Fsp3) is 0.500. The zero-order valence-corrected chi connectivity index (χ0v) is 9.93. The van der Waals surface area contributed by atoms with E-state index in [2.05, 4.69) is 0 Å². The van der Waals surface area contributed by atoms with Crippen molar-refractivity contribution in [3.63, 3.8) is 0 Å². The summed E-state index contributed by atoms with van der Waals surface area (Å²) >= 11 is 0. The Morgan fingerprint density at radius 3 is 2.88 bits per heavy atom. The van der Waals surface area contributed by atoms with E-state index in [0.29, 0.717) is 38.4 Å². The molecule has 1 saturated heterocycles. The van der Waals surface area contributed by atoms with E-state index in [-0.39, 0.29) is 6.10 Å². The van der Waals surface area contributed by atoms with Crippen LogP contribution in [0.4, 0.5) is 0 Å². The summed E-state index contributed by atoms with van der Waals surface area (Å²) in [5.74, 6) is 0.310. The molecule has 1 aromatic carbocycles. The van der Waals surface area contributed by atoms with Crippen LogP contribution in [0.5, 0.6) is 0 Å². The predicted octanol–water partition coefficient (Wildman–Crippen LogP) is 2.34. The van der Waals surface area contributed by atoms with Crippen LogP contribution in [0, 0.1) is 0 Å². The Balaban J connectivity index is 1.61. The molecule has 0 N–H and O–H groups in total. The van der Waals surface area contributed by atoms with E-state index in [1.165, 1.54) is 5.56 Å². The zero-order valence-electron chi connectivity index (χ0n) is 9.93. The molecule has 92 valence electrons. The number of Topliss-reactive ketones (excluding diaryl/α,β-unsaturated/α-hetero) is 1. The lowest BCUT2D eigenvalue weighted by molar-refractivity contribution is -0.129. The van der Waals surface area contributed by atoms with Crippen molar-refractivity contribution in [3.8, 4) is 0 Å². The molecule has 0 amide bonds. The molecule has 1 aromatic rings. The van der Waals surface area contributed by atoms with Crippen LogP contribution in [0.15, 0.2) is 30.3 Å². The van der Waals surface area contributed by atoms with Gasteiger partial charge in [-0.2, -0.15) is 0 Å². The van der Waals surface area contributed by atoms with Crippen molar-refractivity contribution >= 4 is 5.78 Å². The van der Waals surface area contributed by atoms with E-state index >= 15 is 0 Å². The third-order valence-electron chi connectivity index (χ3n) is 2.89. The summed E-state index contributed by atoms with van der Waals surface area (Å²) in [6, 6.07) is 10.1. The van der Waals surface area contributed by atoms with E-state index in [1.807, 2.05) is 30.3 Å². The van der Waals surface area contributed by atoms with Crippen LogP contribution in [0.25, 0.3) is 0 Å². The van der Waals surface area contributed by atoms with Crippen LogP contribution in [-0.4, -0.2) is 25.1 Å². The highest BCUT2D eigenvalue weighted by Crippen LogP contribution is 2.13. The highest BCUT2D eigenvalue weighted by atomic mass is 16.5. The first-order valence-corrected chi connectivity index (χ1v) is 6.09. The van der Waals surface area contributed by atoms with Gasteiger partial charge in [0.1, 0.15) is 5.78 Å². The van der Waals surface area contributed by atoms with E-state index in [0.717, 1.165) is 6.42 Å². The summed E-state index contributed by atoms with van der Waals surface area (Å²) in [5, 5.41) is 0. The van der Waals surface area contributed by atoms with E-state index in [1.54, 1.807) is 0 Å². The minimum absolute atomic E-state index is 0.0621. The Labute approximate surface area is 102 Å². The molecule has 1 aliphatic heterocycles. The fourth-order valence-electron chi connectivity index (χ4n) is 1.92. The number of carbonyl (C=O) groups excluding carboxylic acids is 1. The van der Waals surface area contributed by atoms with Crippen LogP contribution in [0.2, 0.25) is 0 Å². The van der Waals surface area contributed by atoms with Crippen LogP contribution in [0.1, 0.15) is 24.8 Å². The summed E-state index contributed by atoms with van der Waals surface area (Å²) in [7, 11) is 0. The van der Waals surface area contributed by atoms with Gasteiger partial charge in [0.2, 0.25) is 0 Å². The minimum atomic E-state index is 0.0621. The van der Waals surface area contributed by atoms with Gasteiger partial charge in [-0.1, -0.05) is 30.3 Å². The molecular formula is C14H18O3. The Bertz CT molecular complexity index is 348. The van der Waals surface area contributed by atoms with E-state index in [9.17, 15) is 4.79 Å². The van der Waals surface area contributed by atoms with Crippen molar-refractivity contribution in [2.45, 2.75) is 32.0 Å². The molecule has 2 rings (SSSR count). The summed E-state index contributed by atoms with van der Waals surface area (Å²) in [5.41, 5.74) is 1.17. The summed E-state index contributed by atoms with van der Waals surface area (Å²) in [4.78, 5) is 11.2. The standard InChI is InChI=1S/C14H18O3/c15-13-6-9-17-14(10-13)7-8-16-11-12-4-2-1-3-5-12/h1-5,14H,6-11H2. The van der Waals surface area contributed by atoms with Crippen LogP contribution < -0.4 is 0 Å². The second-order valence-electron chi connectivity index (χ2n) is 4.31. The maximum atomic E-state index is 11.2. The van der Waals surface area contributed by atoms with Gasteiger partial charge in [0.15, 0.2) is 0 Å². The average Bonchev–Trinajstić information content (AvgIpc) is 2.36. The molecule has 1 aliphatic rings. The molecule has 0 spiro atoms. The van der Waals surface area contributed by atoms with Crippen molar-refractivity contribution in [1.82, 2.24) is 0 Å². The Morgan fingerprint density at radius 2 is 2.12 bits per heavy atom. The normalized spacial score (nSPS) is 20.5. The molecule has 1 unspecified atom stereocenters. The summed E-state index contributed by atoms with van der Waals surface area (Å²) < 4.78 is 11.1. The smallest absolute Gasteiger partial charge is 0.137 e. The Hall–Kier alpha value is -1.19. The topological polar surface area (TPSA) is 35.5 Å². The molecule has 17 heavy (non-hydrogen) atoms.